The predicted molar refractivity (Wildman–Crippen MR) is 51.3 cm³/mol. The van der Waals surface area contributed by atoms with E-state index in [0.29, 0.717) is 6.07 Å². The van der Waals surface area contributed by atoms with E-state index in [9.17, 15) is 13.6 Å². The second-order valence-corrected chi connectivity index (χ2v) is 3.20. The minimum absolute atomic E-state index is 0.00500. The molecule has 0 saturated carbocycles. The molecule has 0 atom stereocenters. The first-order valence-corrected chi connectivity index (χ1v) is 4.28. The lowest BCUT2D eigenvalue weighted by atomic mass is 10.2. The monoisotopic (exact) mass is 236 g/mol. The van der Waals surface area contributed by atoms with E-state index < -0.39 is 16.9 Å². The second kappa shape index (κ2) is 4.53. The van der Waals surface area contributed by atoms with Crippen LogP contribution in [0.4, 0.5) is 8.78 Å². The third kappa shape index (κ3) is 2.79. The Morgan fingerprint density at radius 1 is 1.29 bits per heavy atom. The average molecular weight is 237 g/mol. The maximum atomic E-state index is 13.0. The van der Waals surface area contributed by atoms with Crippen molar-refractivity contribution in [1.29, 1.82) is 0 Å². The number of allylic oxidation sites excluding steroid dienone is 1. The Bertz CT molecular complexity index is 402. The standard InChI is InChI=1S/C9H4Cl2F2O/c10-6-3-5(1-2-9(11)14)7(12)4-8(6)13/h1-4H/b2-1+. The highest BCUT2D eigenvalue weighted by Crippen LogP contribution is 2.20. The summed E-state index contributed by atoms with van der Waals surface area (Å²) in [6.45, 7) is 0. The third-order valence-electron chi connectivity index (χ3n) is 1.43. The lowest BCUT2D eigenvalue weighted by Crippen LogP contribution is -1.87. The van der Waals surface area contributed by atoms with Gasteiger partial charge in [-0.15, -0.1) is 0 Å². The fourth-order valence-corrected chi connectivity index (χ4v) is 1.06. The molecule has 5 heteroatoms. The maximum absolute atomic E-state index is 13.0. The van der Waals surface area contributed by atoms with E-state index in [-0.39, 0.29) is 10.6 Å². The molecule has 1 nitrogen and oxygen atoms in total. The second-order valence-electron chi connectivity index (χ2n) is 2.43. The summed E-state index contributed by atoms with van der Waals surface area (Å²) in [6.07, 6.45) is 2.07. The molecule has 0 heterocycles. The van der Waals surface area contributed by atoms with Gasteiger partial charge >= 0.3 is 0 Å². The Labute approximate surface area is 88.9 Å². The fraction of sp³-hybridized carbons (Fsp3) is 0. The topological polar surface area (TPSA) is 17.1 Å². The van der Waals surface area contributed by atoms with Crippen LogP contribution in [0.5, 0.6) is 0 Å². The minimum Gasteiger partial charge on any atom is -0.276 e. The van der Waals surface area contributed by atoms with E-state index in [0.717, 1.165) is 18.2 Å². The highest BCUT2D eigenvalue weighted by atomic mass is 35.5. The molecule has 0 aromatic heterocycles. The molecule has 1 rings (SSSR count). The molecule has 0 aliphatic heterocycles. The molecule has 1 aromatic carbocycles. The fourth-order valence-electron chi connectivity index (χ4n) is 0.821. The number of halogens is 4. The van der Waals surface area contributed by atoms with Gasteiger partial charge in [-0.25, -0.2) is 8.78 Å². The molecular formula is C9H4Cl2F2O. The summed E-state index contributed by atoms with van der Waals surface area (Å²) in [4.78, 5) is 10.3. The van der Waals surface area contributed by atoms with Crippen molar-refractivity contribution in [3.63, 3.8) is 0 Å². The van der Waals surface area contributed by atoms with Gasteiger partial charge in [-0.2, -0.15) is 0 Å². The van der Waals surface area contributed by atoms with Crippen LogP contribution in [0.2, 0.25) is 5.02 Å². The summed E-state index contributed by atoms with van der Waals surface area (Å²) in [5.41, 5.74) is 0.00500. The van der Waals surface area contributed by atoms with Crippen molar-refractivity contribution in [3.8, 4) is 0 Å². The molecule has 0 unspecified atom stereocenters. The first-order chi connectivity index (χ1) is 6.50. The Balaban J connectivity index is 3.10. The lowest BCUT2D eigenvalue weighted by molar-refractivity contribution is -0.107. The van der Waals surface area contributed by atoms with Crippen LogP contribution in [0.25, 0.3) is 6.08 Å². The van der Waals surface area contributed by atoms with E-state index in [1.54, 1.807) is 0 Å². The maximum Gasteiger partial charge on any atom is 0.245 e. The Morgan fingerprint density at radius 2 is 1.93 bits per heavy atom. The average Bonchev–Trinajstić information content (AvgIpc) is 2.09. The largest absolute Gasteiger partial charge is 0.276 e. The smallest absolute Gasteiger partial charge is 0.245 e. The quantitative estimate of drug-likeness (QED) is 0.437. The van der Waals surface area contributed by atoms with Gasteiger partial charge in [0, 0.05) is 11.6 Å². The molecule has 74 valence electrons. The molecule has 0 aliphatic carbocycles. The molecule has 0 bridgehead atoms. The van der Waals surface area contributed by atoms with Gasteiger partial charge in [-0.05, 0) is 29.8 Å². The van der Waals surface area contributed by atoms with E-state index in [1.807, 2.05) is 0 Å². The lowest BCUT2D eigenvalue weighted by Gasteiger charge is -1.98. The van der Waals surface area contributed by atoms with Gasteiger partial charge in [0.2, 0.25) is 5.24 Å². The van der Waals surface area contributed by atoms with Crippen LogP contribution < -0.4 is 0 Å². The molecule has 0 aliphatic rings. The zero-order valence-electron chi connectivity index (χ0n) is 6.73. The normalized spacial score (nSPS) is 10.9. The van der Waals surface area contributed by atoms with Crippen molar-refractivity contribution in [2.45, 2.75) is 0 Å². The Hall–Kier alpha value is -0.930. The number of carbonyl (C=O) groups is 1. The van der Waals surface area contributed by atoms with Crippen LogP contribution >= 0.6 is 23.2 Å². The van der Waals surface area contributed by atoms with E-state index in [1.165, 1.54) is 0 Å². The minimum atomic E-state index is -0.849. The van der Waals surface area contributed by atoms with Crippen LogP contribution in [0.15, 0.2) is 18.2 Å². The van der Waals surface area contributed by atoms with Gasteiger partial charge in [-0.3, -0.25) is 4.79 Å². The van der Waals surface area contributed by atoms with Crippen molar-refractivity contribution in [3.05, 3.63) is 40.4 Å². The van der Waals surface area contributed by atoms with Crippen LogP contribution in [0.1, 0.15) is 5.56 Å². The van der Waals surface area contributed by atoms with E-state index in [4.69, 9.17) is 23.2 Å². The van der Waals surface area contributed by atoms with Crippen molar-refractivity contribution in [2.75, 3.05) is 0 Å². The number of rotatable bonds is 2. The van der Waals surface area contributed by atoms with Gasteiger partial charge in [0.25, 0.3) is 0 Å². The van der Waals surface area contributed by atoms with Crippen molar-refractivity contribution in [2.24, 2.45) is 0 Å². The SMILES string of the molecule is O=C(Cl)/C=C/c1cc(Cl)c(F)cc1F. The zero-order chi connectivity index (χ0) is 10.7. The highest BCUT2D eigenvalue weighted by molar-refractivity contribution is 6.66. The summed E-state index contributed by atoms with van der Waals surface area (Å²) in [5, 5.41) is -0.960. The first-order valence-electron chi connectivity index (χ1n) is 3.53. The molecule has 0 saturated heterocycles. The molecule has 1 aromatic rings. The van der Waals surface area contributed by atoms with Gasteiger partial charge in [0.15, 0.2) is 0 Å². The van der Waals surface area contributed by atoms with Crippen molar-refractivity contribution < 1.29 is 13.6 Å². The predicted octanol–water partition coefficient (Wildman–Crippen LogP) is 3.40. The van der Waals surface area contributed by atoms with Gasteiger partial charge < -0.3 is 0 Å². The zero-order valence-corrected chi connectivity index (χ0v) is 8.24. The van der Waals surface area contributed by atoms with Crippen molar-refractivity contribution >= 4 is 34.5 Å². The summed E-state index contributed by atoms with van der Waals surface area (Å²) in [5.74, 6) is -1.65. The Kier molecular flexibility index (Phi) is 3.61. The number of hydrogen-bond acceptors (Lipinski definition) is 1. The number of hydrogen-bond donors (Lipinski definition) is 0. The molecular weight excluding hydrogens is 233 g/mol. The summed E-state index contributed by atoms with van der Waals surface area (Å²) >= 11 is 10.4. The molecule has 0 spiro atoms. The Morgan fingerprint density at radius 3 is 2.50 bits per heavy atom. The van der Waals surface area contributed by atoms with Crippen LogP contribution in [0, 0.1) is 11.6 Å². The van der Waals surface area contributed by atoms with Gasteiger partial charge in [-0.1, -0.05) is 11.6 Å². The van der Waals surface area contributed by atoms with Crippen LogP contribution in [0.3, 0.4) is 0 Å². The van der Waals surface area contributed by atoms with Crippen LogP contribution in [-0.4, -0.2) is 5.24 Å². The summed E-state index contributed by atoms with van der Waals surface area (Å²) in [6, 6.07) is 1.71. The van der Waals surface area contributed by atoms with Gasteiger partial charge in [0.1, 0.15) is 11.6 Å². The summed E-state index contributed by atoms with van der Waals surface area (Å²) < 4.78 is 25.6. The molecule has 14 heavy (non-hydrogen) atoms. The molecule has 0 radical (unpaired) electrons. The first kappa shape index (κ1) is 11.1. The number of benzene rings is 1. The molecule has 0 N–H and O–H groups in total. The molecule has 0 fully saturated rings. The molecule has 0 amide bonds. The van der Waals surface area contributed by atoms with Gasteiger partial charge in [0.05, 0.1) is 5.02 Å². The van der Waals surface area contributed by atoms with Crippen LogP contribution in [-0.2, 0) is 4.79 Å². The van der Waals surface area contributed by atoms with E-state index in [2.05, 4.69) is 0 Å². The number of carbonyl (C=O) groups excluding carboxylic acids is 1. The third-order valence-corrected chi connectivity index (χ3v) is 1.85. The summed E-state index contributed by atoms with van der Waals surface area (Å²) in [7, 11) is 0. The van der Waals surface area contributed by atoms with Crippen molar-refractivity contribution in [1.82, 2.24) is 0 Å². The van der Waals surface area contributed by atoms with E-state index >= 15 is 0 Å². The highest BCUT2D eigenvalue weighted by Gasteiger charge is 2.06.